The molecule has 0 unspecified atom stereocenters. The third kappa shape index (κ3) is 6.90. The second-order valence-corrected chi connectivity index (χ2v) is 5.32. The Morgan fingerprint density at radius 1 is 1.41 bits per heavy atom. The molecule has 0 aromatic rings. The summed E-state index contributed by atoms with van der Waals surface area (Å²) in [7, 11) is -2.43. The number of ether oxygens (including phenoxy) is 1. The summed E-state index contributed by atoms with van der Waals surface area (Å²) in [5.74, 6) is -2.03. The second kappa shape index (κ2) is 7.23. The fourth-order valence-electron chi connectivity index (χ4n) is 1.14. The topological polar surface area (TPSA) is 110 Å². The molecule has 0 aromatic heterocycles. The van der Waals surface area contributed by atoms with Crippen LogP contribution in [0, 0.1) is 0 Å². The lowest BCUT2D eigenvalue weighted by Gasteiger charge is -2.13. The minimum atomic E-state index is -3.61. The predicted molar refractivity (Wildman–Crippen MR) is 59.9 cm³/mol. The number of hydrogen-bond acceptors (Lipinski definition) is 5. The van der Waals surface area contributed by atoms with Crippen LogP contribution in [0.2, 0.25) is 0 Å². The Morgan fingerprint density at radius 3 is 2.41 bits per heavy atom. The number of carbonyl (C=O) groups is 2. The number of hydrogen-bond donors (Lipinski definition) is 2. The van der Waals surface area contributed by atoms with Gasteiger partial charge in [0.1, 0.15) is 6.04 Å². The minimum absolute atomic E-state index is 0.134. The van der Waals surface area contributed by atoms with E-state index in [2.05, 4.69) is 4.74 Å². The van der Waals surface area contributed by atoms with E-state index in [-0.39, 0.29) is 18.6 Å². The van der Waals surface area contributed by atoms with Crippen molar-refractivity contribution in [2.45, 2.75) is 32.2 Å². The summed E-state index contributed by atoms with van der Waals surface area (Å²) in [5, 5.41) is 8.81. The molecule has 0 radical (unpaired) electrons. The Hall–Kier alpha value is -1.15. The Bertz CT molecular complexity index is 364. The van der Waals surface area contributed by atoms with Gasteiger partial charge in [0.05, 0.1) is 12.9 Å². The lowest BCUT2D eigenvalue weighted by Crippen LogP contribution is -2.42. The average molecular weight is 267 g/mol. The van der Waals surface area contributed by atoms with Crippen molar-refractivity contribution in [3.8, 4) is 0 Å². The van der Waals surface area contributed by atoms with E-state index in [0.717, 1.165) is 0 Å². The number of carboxylic acids is 1. The van der Waals surface area contributed by atoms with E-state index < -0.39 is 28.0 Å². The van der Waals surface area contributed by atoms with Crippen molar-refractivity contribution in [1.29, 1.82) is 0 Å². The highest BCUT2D eigenvalue weighted by Gasteiger charge is 2.24. The van der Waals surface area contributed by atoms with Crippen LogP contribution in [0.3, 0.4) is 0 Å². The molecular weight excluding hydrogens is 250 g/mol. The van der Waals surface area contributed by atoms with Gasteiger partial charge in [-0.2, -0.15) is 0 Å². The number of nitrogens with one attached hydrogen (secondary N) is 1. The molecule has 8 heteroatoms. The predicted octanol–water partition coefficient (Wildman–Crippen LogP) is -0.278. The highest BCUT2D eigenvalue weighted by atomic mass is 32.2. The van der Waals surface area contributed by atoms with Crippen molar-refractivity contribution >= 4 is 22.0 Å². The Labute approximate surface area is 100 Å². The van der Waals surface area contributed by atoms with Crippen molar-refractivity contribution in [3.63, 3.8) is 0 Å². The van der Waals surface area contributed by atoms with Crippen LogP contribution in [0.15, 0.2) is 0 Å². The number of carbonyl (C=O) groups excluding carboxylic acids is 1. The van der Waals surface area contributed by atoms with Crippen LogP contribution >= 0.6 is 0 Å². The maximum absolute atomic E-state index is 11.4. The molecule has 0 spiro atoms. The van der Waals surface area contributed by atoms with Gasteiger partial charge in [0, 0.05) is 6.42 Å². The van der Waals surface area contributed by atoms with Crippen molar-refractivity contribution in [3.05, 3.63) is 0 Å². The van der Waals surface area contributed by atoms with Crippen molar-refractivity contribution in [2.75, 3.05) is 12.9 Å². The fraction of sp³-hybridized carbons (Fsp3) is 0.778. The fourth-order valence-corrected chi connectivity index (χ4v) is 2.45. The zero-order valence-corrected chi connectivity index (χ0v) is 10.6. The largest absolute Gasteiger partial charge is 0.480 e. The highest BCUT2D eigenvalue weighted by molar-refractivity contribution is 7.89. The van der Waals surface area contributed by atoms with E-state index in [9.17, 15) is 18.0 Å². The molecule has 100 valence electrons. The van der Waals surface area contributed by atoms with Gasteiger partial charge in [-0.1, -0.05) is 6.92 Å². The first-order valence-electron chi connectivity index (χ1n) is 5.12. The van der Waals surface area contributed by atoms with Gasteiger partial charge in [-0.05, 0) is 12.8 Å². The maximum Gasteiger partial charge on any atom is 0.321 e. The molecule has 17 heavy (non-hydrogen) atoms. The standard InChI is InChI=1S/C9H17NO6S/c1-3-6-17(14,15)10-7(9(12)13)4-5-8(11)16-2/h7,10H,3-6H2,1-2H3,(H,12,13)/t7-/m1/s1. The number of sulfonamides is 1. The van der Waals surface area contributed by atoms with E-state index in [1.54, 1.807) is 6.92 Å². The van der Waals surface area contributed by atoms with Crippen LogP contribution in [0.1, 0.15) is 26.2 Å². The summed E-state index contributed by atoms with van der Waals surface area (Å²) in [4.78, 5) is 21.6. The maximum atomic E-state index is 11.4. The molecule has 0 saturated carbocycles. The molecule has 0 heterocycles. The lowest BCUT2D eigenvalue weighted by atomic mass is 10.2. The van der Waals surface area contributed by atoms with E-state index >= 15 is 0 Å². The number of carboxylic acid groups (broad SMARTS) is 1. The first-order chi connectivity index (χ1) is 7.82. The number of rotatable bonds is 8. The molecule has 0 fully saturated rings. The van der Waals surface area contributed by atoms with Gasteiger partial charge in [0.25, 0.3) is 0 Å². The van der Waals surface area contributed by atoms with Crippen LogP contribution in [0.25, 0.3) is 0 Å². The van der Waals surface area contributed by atoms with E-state index in [4.69, 9.17) is 5.11 Å². The smallest absolute Gasteiger partial charge is 0.321 e. The average Bonchev–Trinajstić information content (AvgIpc) is 2.23. The first kappa shape index (κ1) is 15.9. The van der Waals surface area contributed by atoms with Gasteiger partial charge in [0.2, 0.25) is 10.0 Å². The van der Waals surface area contributed by atoms with Crippen LogP contribution < -0.4 is 4.72 Å². The quantitative estimate of drug-likeness (QED) is 0.585. The number of esters is 1. The van der Waals surface area contributed by atoms with E-state index in [1.165, 1.54) is 7.11 Å². The zero-order valence-electron chi connectivity index (χ0n) is 9.80. The van der Waals surface area contributed by atoms with Crippen LogP contribution in [-0.2, 0) is 24.3 Å². The molecule has 0 amide bonds. The minimum Gasteiger partial charge on any atom is -0.480 e. The molecule has 1 atom stereocenters. The molecule has 0 rings (SSSR count). The Morgan fingerprint density at radius 2 is 2.00 bits per heavy atom. The first-order valence-corrected chi connectivity index (χ1v) is 6.77. The summed E-state index contributed by atoms with van der Waals surface area (Å²) in [5.41, 5.74) is 0. The summed E-state index contributed by atoms with van der Waals surface area (Å²) >= 11 is 0. The molecule has 0 aliphatic rings. The van der Waals surface area contributed by atoms with Crippen molar-refractivity contribution in [1.82, 2.24) is 4.72 Å². The molecule has 0 aromatic carbocycles. The molecule has 0 aliphatic heterocycles. The van der Waals surface area contributed by atoms with Gasteiger partial charge >= 0.3 is 11.9 Å². The normalized spacial score (nSPS) is 13.1. The molecule has 7 nitrogen and oxygen atoms in total. The molecule has 0 bridgehead atoms. The molecule has 0 aliphatic carbocycles. The van der Waals surface area contributed by atoms with Gasteiger partial charge < -0.3 is 9.84 Å². The molecule has 2 N–H and O–H groups in total. The van der Waals surface area contributed by atoms with Crippen LogP contribution in [0.4, 0.5) is 0 Å². The number of methoxy groups -OCH3 is 1. The summed E-state index contributed by atoms with van der Waals surface area (Å²) in [6.45, 7) is 1.67. The van der Waals surface area contributed by atoms with Crippen LogP contribution in [0.5, 0.6) is 0 Å². The van der Waals surface area contributed by atoms with Crippen LogP contribution in [-0.4, -0.2) is 44.4 Å². The van der Waals surface area contributed by atoms with Gasteiger partial charge in [0.15, 0.2) is 0 Å². The lowest BCUT2D eigenvalue weighted by molar-refractivity contribution is -0.142. The van der Waals surface area contributed by atoms with Gasteiger partial charge in [-0.3, -0.25) is 9.59 Å². The van der Waals surface area contributed by atoms with Crippen molar-refractivity contribution < 1.29 is 27.9 Å². The Kier molecular flexibility index (Phi) is 6.74. The summed E-state index contributed by atoms with van der Waals surface area (Å²) in [6.07, 6.45) is 0.103. The number of aliphatic carboxylic acids is 1. The van der Waals surface area contributed by atoms with Gasteiger partial charge in [-0.15, -0.1) is 0 Å². The SMILES string of the molecule is CCCS(=O)(=O)N[C@H](CCC(=O)OC)C(=O)O. The second-order valence-electron chi connectivity index (χ2n) is 3.44. The van der Waals surface area contributed by atoms with Gasteiger partial charge in [-0.25, -0.2) is 13.1 Å². The van der Waals surface area contributed by atoms with E-state index in [0.29, 0.717) is 6.42 Å². The summed E-state index contributed by atoms with van der Waals surface area (Å²) in [6, 6.07) is -1.30. The van der Waals surface area contributed by atoms with E-state index in [1.807, 2.05) is 4.72 Å². The third-order valence-corrected chi connectivity index (χ3v) is 3.55. The molecular formula is C9H17NO6S. The third-order valence-electron chi connectivity index (χ3n) is 1.96. The molecule has 0 saturated heterocycles. The highest BCUT2D eigenvalue weighted by Crippen LogP contribution is 2.02. The monoisotopic (exact) mass is 267 g/mol. The summed E-state index contributed by atoms with van der Waals surface area (Å²) < 4.78 is 29.1. The van der Waals surface area contributed by atoms with Crippen molar-refractivity contribution in [2.24, 2.45) is 0 Å². The Balaban J connectivity index is 4.45. The zero-order chi connectivity index (χ0) is 13.5.